The molecule has 2 aliphatic heterocycles. The summed E-state index contributed by atoms with van der Waals surface area (Å²) in [5, 5.41) is 7.68. The van der Waals surface area contributed by atoms with E-state index in [1.165, 1.54) is 14.2 Å². The molecule has 4 N–H and O–H groups in total. The van der Waals surface area contributed by atoms with Gasteiger partial charge in [-0.2, -0.15) is 0 Å². The van der Waals surface area contributed by atoms with Gasteiger partial charge in [0.1, 0.15) is 23.7 Å². The van der Waals surface area contributed by atoms with Gasteiger partial charge in [0.2, 0.25) is 11.8 Å². The number of nitrogens with one attached hydrogen (secondary N) is 4. The Labute approximate surface area is 355 Å². The van der Waals surface area contributed by atoms with Crippen molar-refractivity contribution in [1.82, 2.24) is 40.4 Å². The van der Waals surface area contributed by atoms with Crippen molar-refractivity contribution in [1.29, 1.82) is 0 Å². The minimum absolute atomic E-state index is 0.0884. The van der Waals surface area contributed by atoms with Gasteiger partial charge in [-0.3, -0.25) is 9.59 Å². The molecule has 1 spiro atoms. The van der Waals surface area contributed by atoms with Crippen LogP contribution in [-0.4, -0.2) is 92.6 Å². The molecule has 2 bridgehead atoms. The maximum atomic E-state index is 13.9. The number of carbonyl (C=O) groups is 4. The molecule has 4 aliphatic rings. The fourth-order valence-corrected chi connectivity index (χ4v) is 10.0. The molecule has 5 aromatic rings. The van der Waals surface area contributed by atoms with E-state index in [9.17, 15) is 19.2 Å². The predicted octanol–water partition coefficient (Wildman–Crippen LogP) is 7.91. The zero-order valence-corrected chi connectivity index (χ0v) is 35.4. The van der Waals surface area contributed by atoms with E-state index in [0.717, 1.165) is 94.6 Å². The maximum Gasteiger partial charge on any atom is 0.407 e. The van der Waals surface area contributed by atoms with E-state index in [4.69, 9.17) is 19.4 Å². The molecule has 14 heteroatoms. The molecule has 2 saturated carbocycles. The van der Waals surface area contributed by atoms with Gasteiger partial charge in [0, 0.05) is 18.2 Å². The van der Waals surface area contributed by atoms with Crippen molar-refractivity contribution in [2.45, 2.75) is 95.9 Å². The van der Waals surface area contributed by atoms with Gasteiger partial charge in [-0.25, -0.2) is 19.6 Å². The number of likely N-dealkylation sites (tertiary alicyclic amines) is 2. The van der Waals surface area contributed by atoms with Crippen LogP contribution in [0.1, 0.15) is 89.4 Å². The first-order chi connectivity index (χ1) is 29.5. The van der Waals surface area contributed by atoms with Crippen LogP contribution in [0.2, 0.25) is 0 Å². The summed E-state index contributed by atoms with van der Waals surface area (Å²) in [6, 6.07) is 19.7. The van der Waals surface area contributed by atoms with E-state index in [2.05, 4.69) is 81.3 Å². The van der Waals surface area contributed by atoms with Gasteiger partial charge in [0.15, 0.2) is 0 Å². The van der Waals surface area contributed by atoms with Crippen LogP contribution in [0.25, 0.3) is 44.4 Å². The van der Waals surface area contributed by atoms with Gasteiger partial charge in [0.25, 0.3) is 0 Å². The number of hydrogen-bond donors (Lipinski definition) is 4. The highest BCUT2D eigenvalue weighted by Crippen LogP contribution is 2.58. The normalized spacial score (nSPS) is 22.1. The highest BCUT2D eigenvalue weighted by Gasteiger charge is 2.55. The topological polar surface area (TPSA) is 175 Å². The van der Waals surface area contributed by atoms with Crippen molar-refractivity contribution in [2.75, 3.05) is 20.8 Å². The lowest BCUT2D eigenvalue weighted by Gasteiger charge is -2.36. The molecule has 2 saturated heterocycles. The third kappa shape index (κ3) is 7.61. The smallest absolute Gasteiger partial charge is 0.407 e. The monoisotopic (exact) mass is 826 g/mol. The third-order valence-corrected chi connectivity index (χ3v) is 13.6. The van der Waals surface area contributed by atoms with Crippen molar-refractivity contribution < 1.29 is 28.7 Å². The molecule has 2 aliphatic carbocycles. The zero-order valence-electron chi connectivity index (χ0n) is 35.4. The number of rotatable bonds is 11. The SMILES string of the molecule is CC[C@H](NC(=O)OC)C(=O)N1[C@@H]2CC[C@H](C2)[C@H]1c1ncc(-c2ccc(-c3ccc4cc(-c5cnc([C@@H]6CC7(CC7)CN6C(=O)[C@@H](NC(=O)OC)C(C)C)[nH]5)ccc4c3)cc2)[nH]1. The number of benzene rings is 3. The minimum Gasteiger partial charge on any atom is -0.453 e. The number of alkyl carbamates (subject to hydrolysis) is 2. The number of aromatic nitrogens is 4. The van der Waals surface area contributed by atoms with E-state index in [-0.39, 0.29) is 41.3 Å². The van der Waals surface area contributed by atoms with E-state index in [1.807, 2.05) is 43.0 Å². The Hall–Kier alpha value is -6.18. The molecular formula is C47H54N8O6. The van der Waals surface area contributed by atoms with Crippen LogP contribution in [0.5, 0.6) is 0 Å². The van der Waals surface area contributed by atoms with Gasteiger partial charge in [-0.1, -0.05) is 69.3 Å². The van der Waals surface area contributed by atoms with Gasteiger partial charge in [-0.15, -0.1) is 0 Å². The van der Waals surface area contributed by atoms with Crippen LogP contribution in [0, 0.1) is 17.3 Å². The molecule has 9 rings (SSSR count). The molecule has 0 radical (unpaired) electrons. The first kappa shape index (κ1) is 40.2. The second kappa shape index (κ2) is 16.0. The summed E-state index contributed by atoms with van der Waals surface area (Å²) in [4.78, 5) is 72.3. The Morgan fingerprint density at radius 1 is 0.787 bits per heavy atom. The summed E-state index contributed by atoms with van der Waals surface area (Å²) in [6.07, 6.45) is 8.92. The Bertz CT molecular complexity index is 2470. The summed E-state index contributed by atoms with van der Waals surface area (Å²) in [5.41, 5.74) is 6.09. The second-order valence-corrected chi connectivity index (χ2v) is 17.8. The van der Waals surface area contributed by atoms with Crippen LogP contribution >= 0.6 is 0 Å². The summed E-state index contributed by atoms with van der Waals surface area (Å²) in [6.45, 7) is 6.40. The number of methoxy groups -OCH3 is 2. The number of nitrogens with zero attached hydrogens (tertiary/aromatic N) is 4. The maximum absolute atomic E-state index is 13.9. The molecule has 4 fully saturated rings. The van der Waals surface area contributed by atoms with E-state index in [1.54, 1.807) is 0 Å². The van der Waals surface area contributed by atoms with Gasteiger partial charge >= 0.3 is 12.2 Å². The number of aromatic amines is 2. The number of amides is 4. The second-order valence-electron chi connectivity index (χ2n) is 17.8. The van der Waals surface area contributed by atoms with E-state index >= 15 is 0 Å². The molecule has 4 heterocycles. The first-order valence-electron chi connectivity index (χ1n) is 21.5. The molecule has 0 unspecified atom stereocenters. The minimum atomic E-state index is -0.686. The number of fused-ring (bicyclic) bond motifs is 3. The fraction of sp³-hybridized carbons (Fsp3) is 0.447. The zero-order chi connectivity index (χ0) is 42.6. The summed E-state index contributed by atoms with van der Waals surface area (Å²) < 4.78 is 9.60. The molecule has 61 heavy (non-hydrogen) atoms. The fourth-order valence-electron chi connectivity index (χ4n) is 10.0. The van der Waals surface area contributed by atoms with E-state index in [0.29, 0.717) is 18.9 Å². The first-order valence-corrected chi connectivity index (χ1v) is 21.5. The molecule has 14 nitrogen and oxygen atoms in total. The van der Waals surface area contributed by atoms with Crippen molar-refractivity contribution in [3.05, 3.63) is 84.7 Å². The number of carbonyl (C=O) groups excluding carboxylic acids is 4. The predicted molar refractivity (Wildman–Crippen MR) is 230 cm³/mol. The third-order valence-electron chi connectivity index (χ3n) is 13.6. The molecule has 318 valence electrons. The van der Waals surface area contributed by atoms with E-state index < -0.39 is 24.3 Å². The van der Waals surface area contributed by atoms with Crippen LogP contribution in [0.3, 0.4) is 0 Å². The Balaban J connectivity index is 0.891. The number of H-pyrrole nitrogens is 2. The lowest BCUT2D eigenvalue weighted by atomic mass is 9.97. The number of ether oxygens (including phenoxy) is 2. The van der Waals surface area contributed by atoms with Crippen molar-refractivity contribution >= 4 is 34.8 Å². The van der Waals surface area contributed by atoms with Crippen LogP contribution in [0.4, 0.5) is 9.59 Å². The van der Waals surface area contributed by atoms with Crippen LogP contribution in [0.15, 0.2) is 73.1 Å². The number of imidazole rings is 2. The summed E-state index contributed by atoms with van der Waals surface area (Å²) in [7, 11) is 2.61. The average molecular weight is 827 g/mol. The van der Waals surface area contributed by atoms with Gasteiger partial charge in [-0.05, 0) is 102 Å². The standard InChI is InChI=1S/C47H54N8O6/c1-6-35(52-45(58)60-4)43(56)55-34-16-15-33(21-34)40(55)42-49-23-36(51-42)28-9-7-27(8-10-28)29-11-12-31-20-32(14-13-30(31)19-29)37-24-48-41(50-37)38-22-47(17-18-47)25-54(38)44(57)39(26(2)3)53-46(59)61-5/h7-14,19-20,23-24,26,33-35,38-40H,6,15-18,21-22,25H2,1-5H3,(H,48,50)(H,49,51)(H,52,58)(H,53,59)/t33-,34-,35+,38+,39+,40+/m1/s1. The highest BCUT2D eigenvalue weighted by molar-refractivity contribution is 5.91. The molecule has 2 aromatic heterocycles. The lowest BCUT2D eigenvalue weighted by Crippen LogP contribution is -2.51. The average Bonchev–Trinajstić information content (AvgIpc) is 3.91. The molecule has 3 aromatic carbocycles. The van der Waals surface area contributed by atoms with Gasteiger partial charge < -0.3 is 39.9 Å². The van der Waals surface area contributed by atoms with Gasteiger partial charge in [0.05, 0.1) is 50.1 Å². The Morgan fingerprint density at radius 3 is 2.07 bits per heavy atom. The largest absolute Gasteiger partial charge is 0.453 e. The Morgan fingerprint density at radius 2 is 1.39 bits per heavy atom. The summed E-state index contributed by atoms with van der Waals surface area (Å²) >= 11 is 0. The van der Waals surface area contributed by atoms with Crippen molar-refractivity contribution in [2.24, 2.45) is 17.3 Å². The summed E-state index contributed by atoms with van der Waals surface area (Å²) in [5.74, 6) is 1.56. The van der Waals surface area contributed by atoms with Crippen LogP contribution in [-0.2, 0) is 19.1 Å². The molecule has 6 atom stereocenters. The van der Waals surface area contributed by atoms with Crippen molar-refractivity contribution in [3.8, 4) is 33.6 Å². The lowest BCUT2D eigenvalue weighted by molar-refractivity contribution is -0.138. The number of hydrogen-bond acceptors (Lipinski definition) is 8. The van der Waals surface area contributed by atoms with Crippen LogP contribution < -0.4 is 10.6 Å². The molecular weight excluding hydrogens is 773 g/mol. The molecule has 4 amide bonds. The Kier molecular flexibility index (Phi) is 10.6. The quantitative estimate of drug-likeness (QED) is 0.104. The highest BCUT2D eigenvalue weighted by atomic mass is 16.5. The van der Waals surface area contributed by atoms with Crippen molar-refractivity contribution in [3.63, 3.8) is 0 Å². The number of piperidine rings is 1.